The third-order valence-corrected chi connectivity index (χ3v) is 4.40. The Bertz CT molecular complexity index is 579. The molecule has 6 heteroatoms. The first kappa shape index (κ1) is 15.0. The first-order valence-electron chi connectivity index (χ1n) is 6.25. The van der Waals surface area contributed by atoms with Crippen molar-refractivity contribution < 1.29 is 18.7 Å². The number of allylic oxidation sites excluding steroid dienone is 4. The van der Waals surface area contributed by atoms with Crippen LogP contribution in [0.4, 0.5) is 4.39 Å². The summed E-state index contributed by atoms with van der Waals surface area (Å²) in [5.41, 5.74) is 0.677. The zero-order valence-corrected chi connectivity index (χ0v) is 12.7. The molecular weight excluding hydrogens is 329 g/mol. The van der Waals surface area contributed by atoms with Crippen molar-refractivity contribution in [1.82, 2.24) is 4.98 Å². The second-order valence-corrected chi connectivity index (χ2v) is 5.95. The SMILES string of the molecule is Cc1cnc(C(CC(=O)O)C2=CC(F)=CC(Br)C2C)o1. The molecule has 108 valence electrons. The zero-order valence-electron chi connectivity index (χ0n) is 11.1. The average Bonchev–Trinajstić information content (AvgIpc) is 2.77. The van der Waals surface area contributed by atoms with E-state index in [4.69, 9.17) is 9.52 Å². The molecule has 0 saturated heterocycles. The number of carboxylic acid groups (broad SMARTS) is 1. The van der Waals surface area contributed by atoms with Crippen molar-refractivity contribution >= 4 is 21.9 Å². The molecule has 4 nitrogen and oxygen atoms in total. The third kappa shape index (κ3) is 3.17. The molecule has 0 bridgehead atoms. The van der Waals surface area contributed by atoms with E-state index >= 15 is 0 Å². The van der Waals surface area contributed by atoms with Crippen LogP contribution in [0.15, 0.2) is 34.2 Å². The molecule has 1 N–H and O–H groups in total. The van der Waals surface area contributed by atoms with Gasteiger partial charge in [0.05, 0.1) is 18.5 Å². The lowest BCUT2D eigenvalue weighted by molar-refractivity contribution is -0.137. The van der Waals surface area contributed by atoms with E-state index in [9.17, 15) is 9.18 Å². The number of hydrogen-bond acceptors (Lipinski definition) is 3. The van der Waals surface area contributed by atoms with Gasteiger partial charge in [-0.2, -0.15) is 0 Å². The van der Waals surface area contributed by atoms with Gasteiger partial charge in [-0.15, -0.1) is 0 Å². The van der Waals surface area contributed by atoms with Crippen LogP contribution >= 0.6 is 15.9 Å². The minimum absolute atomic E-state index is 0.0361. The Morgan fingerprint density at radius 2 is 2.35 bits per heavy atom. The fraction of sp³-hybridized carbons (Fsp3) is 0.429. The number of halogens is 2. The second kappa shape index (κ2) is 5.91. The van der Waals surface area contributed by atoms with Crippen molar-refractivity contribution in [2.75, 3.05) is 0 Å². The summed E-state index contributed by atoms with van der Waals surface area (Å²) in [7, 11) is 0. The summed E-state index contributed by atoms with van der Waals surface area (Å²) >= 11 is 3.39. The van der Waals surface area contributed by atoms with E-state index in [2.05, 4.69) is 20.9 Å². The fourth-order valence-electron chi connectivity index (χ4n) is 2.29. The molecule has 0 radical (unpaired) electrons. The van der Waals surface area contributed by atoms with E-state index < -0.39 is 11.9 Å². The highest BCUT2D eigenvalue weighted by atomic mass is 79.9. The number of oxazole rings is 1. The van der Waals surface area contributed by atoms with Crippen molar-refractivity contribution in [2.45, 2.75) is 31.0 Å². The van der Waals surface area contributed by atoms with Crippen LogP contribution < -0.4 is 0 Å². The van der Waals surface area contributed by atoms with Crippen molar-refractivity contribution in [1.29, 1.82) is 0 Å². The van der Waals surface area contributed by atoms with Crippen LogP contribution in [0.5, 0.6) is 0 Å². The smallest absolute Gasteiger partial charge is 0.304 e. The minimum atomic E-state index is -0.972. The van der Waals surface area contributed by atoms with Crippen LogP contribution in [0.3, 0.4) is 0 Å². The van der Waals surface area contributed by atoms with Gasteiger partial charge >= 0.3 is 5.97 Å². The molecule has 0 fully saturated rings. The van der Waals surface area contributed by atoms with Gasteiger partial charge in [0, 0.05) is 4.83 Å². The molecule has 3 unspecified atom stereocenters. The number of aliphatic carboxylic acids is 1. The highest BCUT2D eigenvalue weighted by molar-refractivity contribution is 9.09. The fourth-order valence-corrected chi connectivity index (χ4v) is 2.85. The van der Waals surface area contributed by atoms with Gasteiger partial charge in [-0.1, -0.05) is 28.4 Å². The van der Waals surface area contributed by atoms with Crippen LogP contribution in [0.1, 0.15) is 30.9 Å². The number of aryl methyl sites for hydroxylation is 1. The van der Waals surface area contributed by atoms with Gasteiger partial charge < -0.3 is 9.52 Å². The zero-order chi connectivity index (χ0) is 14.9. The Kier molecular flexibility index (Phi) is 4.42. The van der Waals surface area contributed by atoms with Crippen LogP contribution in [-0.4, -0.2) is 20.9 Å². The van der Waals surface area contributed by atoms with Crippen molar-refractivity contribution in [2.24, 2.45) is 5.92 Å². The van der Waals surface area contributed by atoms with Crippen molar-refractivity contribution in [3.63, 3.8) is 0 Å². The molecule has 0 aliphatic heterocycles. The lowest BCUT2D eigenvalue weighted by Crippen LogP contribution is -2.22. The molecule has 3 atom stereocenters. The molecule has 1 aromatic rings. The number of nitrogens with zero attached hydrogens (tertiary/aromatic N) is 1. The highest BCUT2D eigenvalue weighted by Gasteiger charge is 2.32. The quantitative estimate of drug-likeness (QED) is 0.846. The standard InChI is InChI=1S/C14H15BrFNO3/c1-7-6-17-14(20-7)11(5-13(18)19)10-3-9(16)4-12(15)8(10)2/h3-4,6,8,11-12H,5H2,1-2H3,(H,18,19). The Hall–Kier alpha value is -1.43. The predicted octanol–water partition coefficient (Wildman–Crippen LogP) is 3.73. The molecule has 2 rings (SSSR count). The van der Waals surface area contributed by atoms with E-state index in [-0.39, 0.29) is 23.0 Å². The van der Waals surface area contributed by atoms with Crippen LogP contribution in [-0.2, 0) is 4.79 Å². The normalized spacial score (nSPS) is 24.0. The minimum Gasteiger partial charge on any atom is -0.481 e. The van der Waals surface area contributed by atoms with E-state index in [1.54, 1.807) is 6.92 Å². The average molecular weight is 344 g/mol. The maximum atomic E-state index is 13.6. The molecule has 1 aliphatic carbocycles. The maximum Gasteiger partial charge on any atom is 0.304 e. The monoisotopic (exact) mass is 343 g/mol. The summed E-state index contributed by atoms with van der Waals surface area (Å²) < 4.78 is 19.1. The van der Waals surface area contributed by atoms with E-state index in [0.717, 1.165) is 0 Å². The van der Waals surface area contributed by atoms with Crippen LogP contribution in [0.25, 0.3) is 0 Å². The lowest BCUT2D eigenvalue weighted by atomic mass is 9.82. The van der Waals surface area contributed by atoms with Gasteiger partial charge in [0.15, 0.2) is 0 Å². The number of alkyl halides is 1. The van der Waals surface area contributed by atoms with Gasteiger partial charge in [0.1, 0.15) is 11.6 Å². The summed E-state index contributed by atoms with van der Waals surface area (Å²) in [6, 6.07) is 0. The molecule has 0 saturated carbocycles. The molecule has 1 aliphatic rings. The molecule has 20 heavy (non-hydrogen) atoms. The van der Waals surface area contributed by atoms with E-state index in [1.165, 1.54) is 18.3 Å². The first-order valence-corrected chi connectivity index (χ1v) is 7.17. The van der Waals surface area contributed by atoms with Gasteiger partial charge in [0.2, 0.25) is 5.89 Å². The number of carbonyl (C=O) groups is 1. The largest absolute Gasteiger partial charge is 0.481 e. The third-order valence-electron chi connectivity index (χ3n) is 3.34. The summed E-state index contributed by atoms with van der Waals surface area (Å²) in [5.74, 6) is -1.02. The molecule has 1 heterocycles. The Morgan fingerprint density at radius 3 is 2.90 bits per heavy atom. The number of hydrogen-bond donors (Lipinski definition) is 1. The van der Waals surface area contributed by atoms with Crippen LogP contribution in [0.2, 0.25) is 0 Å². The van der Waals surface area contributed by atoms with Gasteiger partial charge in [-0.3, -0.25) is 4.79 Å². The van der Waals surface area contributed by atoms with Gasteiger partial charge in [-0.25, -0.2) is 9.37 Å². The van der Waals surface area contributed by atoms with Crippen molar-refractivity contribution in [3.8, 4) is 0 Å². The molecule has 0 amide bonds. The summed E-state index contributed by atoms with van der Waals surface area (Å²) in [5, 5.41) is 9.08. The number of rotatable bonds is 4. The van der Waals surface area contributed by atoms with Crippen molar-refractivity contribution in [3.05, 3.63) is 41.4 Å². The summed E-state index contributed by atoms with van der Waals surface area (Å²) in [6.07, 6.45) is 4.21. The second-order valence-electron chi connectivity index (χ2n) is 4.89. The maximum absolute atomic E-state index is 13.6. The van der Waals surface area contributed by atoms with Gasteiger partial charge in [-0.05, 0) is 25.0 Å². The van der Waals surface area contributed by atoms with Gasteiger partial charge in [0.25, 0.3) is 0 Å². The Morgan fingerprint density at radius 1 is 1.65 bits per heavy atom. The summed E-state index contributed by atoms with van der Waals surface area (Å²) in [6.45, 7) is 3.65. The molecule has 0 aromatic carbocycles. The Balaban J connectivity index is 2.41. The van der Waals surface area contributed by atoms with E-state index in [1.807, 2.05) is 6.92 Å². The Labute approximate surface area is 124 Å². The molecule has 1 aromatic heterocycles. The van der Waals surface area contributed by atoms with Crippen LogP contribution in [0, 0.1) is 12.8 Å². The molecular formula is C14H15BrFNO3. The highest BCUT2D eigenvalue weighted by Crippen LogP contribution is 2.39. The number of carboxylic acids is 1. The lowest BCUT2D eigenvalue weighted by Gasteiger charge is -2.27. The van der Waals surface area contributed by atoms with E-state index in [0.29, 0.717) is 17.2 Å². The topological polar surface area (TPSA) is 63.3 Å². The predicted molar refractivity (Wildman–Crippen MR) is 75.4 cm³/mol. The first-order chi connectivity index (χ1) is 9.38. The summed E-state index contributed by atoms with van der Waals surface area (Å²) in [4.78, 5) is 15.0. The molecule has 0 spiro atoms. The number of aromatic nitrogens is 1.